The third-order valence-electron chi connectivity index (χ3n) is 8.55. The lowest BCUT2D eigenvalue weighted by Gasteiger charge is -2.16. The molecule has 0 radical (unpaired) electrons. The van der Waals surface area contributed by atoms with Gasteiger partial charge in [-0.15, -0.1) is 0 Å². The minimum Gasteiger partial charge on any atom is -0.427 e. The van der Waals surface area contributed by atoms with Gasteiger partial charge in [-0.2, -0.15) is 0 Å². The van der Waals surface area contributed by atoms with Crippen molar-refractivity contribution in [3.8, 4) is 22.4 Å². The zero-order valence-corrected chi connectivity index (χ0v) is 27.4. The summed E-state index contributed by atoms with van der Waals surface area (Å²) in [5.41, 5.74) is 7.99. The average Bonchev–Trinajstić information content (AvgIpc) is 3.63. The van der Waals surface area contributed by atoms with Crippen LogP contribution in [0.25, 0.3) is 33.4 Å². The summed E-state index contributed by atoms with van der Waals surface area (Å²) in [4.78, 5) is 35.1. The fourth-order valence-corrected chi connectivity index (χ4v) is 6.05. The third-order valence-corrected chi connectivity index (χ3v) is 8.55. The molecule has 0 saturated carbocycles. The molecule has 8 nitrogen and oxygen atoms in total. The Morgan fingerprint density at radius 1 is 0.935 bits per heavy atom. The Balaban J connectivity index is 1.26. The second-order valence-electron chi connectivity index (χ2n) is 13.2. The van der Waals surface area contributed by atoms with Gasteiger partial charge >= 0.3 is 11.9 Å². The zero-order valence-electron chi connectivity index (χ0n) is 27.4. The van der Waals surface area contributed by atoms with E-state index in [4.69, 9.17) is 19.4 Å². The fraction of sp³-hybridized carbons (Fsp3) is 0.368. The van der Waals surface area contributed by atoms with E-state index in [1.54, 1.807) is 32.9 Å². The molecular formula is C38H42N4O4. The summed E-state index contributed by atoms with van der Waals surface area (Å²) in [7, 11) is 0. The van der Waals surface area contributed by atoms with E-state index in [0.717, 1.165) is 76.2 Å². The maximum Gasteiger partial charge on any atom is 0.341 e. The maximum atomic E-state index is 13.0. The molecule has 0 N–H and O–H groups in total. The number of esters is 2. The van der Waals surface area contributed by atoms with E-state index in [-0.39, 0.29) is 0 Å². The summed E-state index contributed by atoms with van der Waals surface area (Å²) in [6.07, 6.45) is 7.54. The first kappa shape index (κ1) is 31.3. The predicted octanol–water partition coefficient (Wildman–Crippen LogP) is 7.92. The Labute approximate surface area is 270 Å². The molecule has 0 unspecified atom stereocenters. The van der Waals surface area contributed by atoms with Crippen LogP contribution in [-0.2, 0) is 40.2 Å². The molecule has 46 heavy (non-hydrogen) atoms. The van der Waals surface area contributed by atoms with Gasteiger partial charge in [0.05, 0.1) is 27.7 Å². The van der Waals surface area contributed by atoms with Crippen LogP contribution < -0.4 is 0 Å². The molecule has 0 aliphatic carbocycles. The number of aromatic nitrogens is 4. The zero-order chi connectivity index (χ0) is 32.4. The summed E-state index contributed by atoms with van der Waals surface area (Å²) < 4.78 is 15.1. The van der Waals surface area contributed by atoms with Crippen molar-refractivity contribution in [2.24, 2.45) is 5.41 Å². The number of fused-ring (bicyclic) bond motifs is 2. The standard InChI is InChI=1S/C38H42N4O4/c1-6-11-34-40-35-25(2)20-28(31-23-41-19-10-9-14-33(41)39-31)21-32(35)42(34)22-26-15-17-27(18-16-26)29-12-7-8-13-30(29)36(43)45-24-46-37(44)38(3,4)5/h7-8,12-13,15-18,20-21,23H,6,9-11,14,19,22,24H2,1-5H3. The number of imidazole rings is 2. The van der Waals surface area contributed by atoms with Crippen LogP contribution in [0.5, 0.6) is 0 Å². The van der Waals surface area contributed by atoms with Gasteiger partial charge in [0.25, 0.3) is 0 Å². The van der Waals surface area contributed by atoms with Crippen LogP contribution in [0.15, 0.2) is 66.9 Å². The second kappa shape index (κ2) is 12.9. The van der Waals surface area contributed by atoms with E-state index in [2.05, 4.69) is 53.4 Å². The van der Waals surface area contributed by atoms with Crippen molar-refractivity contribution in [2.45, 2.75) is 79.8 Å². The van der Waals surface area contributed by atoms with Crippen LogP contribution in [0.3, 0.4) is 0 Å². The molecule has 0 saturated heterocycles. The highest BCUT2D eigenvalue weighted by atomic mass is 16.7. The van der Waals surface area contributed by atoms with Crippen molar-refractivity contribution >= 4 is 23.0 Å². The molecule has 6 rings (SSSR count). The van der Waals surface area contributed by atoms with Gasteiger partial charge in [0.2, 0.25) is 6.79 Å². The van der Waals surface area contributed by atoms with Crippen LogP contribution in [0.2, 0.25) is 0 Å². The minimum absolute atomic E-state index is 0.414. The number of rotatable bonds is 9. The van der Waals surface area contributed by atoms with Gasteiger partial charge in [0, 0.05) is 37.7 Å². The molecule has 0 spiro atoms. The Morgan fingerprint density at radius 2 is 1.72 bits per heavy atom. The summed E-state index contributed by atoms with van der Waals surface area (Å²) in [6.45, 7) is 10.9. The lowest BCUT2D eigenvalue weighted by Crippen LogP contribution is -2.24. The summed E-state index contributed by atoms with van der Waals surface area (Å²) >= 11 is 0. The summed E-state index contributed by atoms with van der Waals surface area (Å²) in [6, 6.07) is 20.0. The molecule has 2 aromatic heterocycles. The van der Waals surface area contributed by atoms with Gasteiger partial charge in [-0.1, -0.05) is 49.4 Å². The molecule has 1 aliphatic heterocycles. The van der Waals surface area contributed by atoms with Gasteiger partial charge in [0.1, 0.15) is 11.6 Å². The monoisotopic (exact) mass is 618 g/mol. The lowest BCUT2D eigenvalue weighted by molar-refractivity contribution is -0.161. The number of carbonyl (C=O) groups excluding carboxylic acids is 2. The molecular weight excluding hydrogens is 576 g/mol. The van der Waals surface area contributed by atoms with Gasteiger partial charge in [0.15, 0.2) is 0 Å². The molecule has 8 heteroatoms. The van der Waals surface area contributed by atoms with Crippen LogP contribution >= 0.6 is 0 Å². The van der Waals surface area contributed by atoms with Crippen LogP contribution in [0.4, 0.5) is 0 Å². The number of nitrogens with zero attached hydrogens (tertiary/aromatic N) is 4. The maximum absolute atomic E-state index is 13.0. The largest absolute Gasteiger partial charge is 0.427 e. The van der Waals surface area contributed by atoms with Gasteiger partial charge in [-0.3, -0.25) is 4.79 Å². The molecule has 1 aliphatic rings. The Morgan fingerprint density at radius 3 is 2.46 bits per heavy atom. The molecule has 0 atom stereocenters. The van der Waals surface area contributed by atoms with Gasteiger partial charge < -0.3 is 18.6 Å². The number of benzene rings is 3. The van der Waals surface area contributed by atoms with E-state index < -0.39 is 24.1 Å². The highest BCUT2D eigenvalue weighted by Gasteiger charge is 2.24. The SMILES string of the molecule is CCCc1nc2c(C)cc(-c3cn4c(n3)CCCC4)cc2n1Cc1ccc(-c2ccccc2C(=O)OCOC(=O)C(C)(C)C)cc1. The molecule has 0 fully saturated rings. The highest BCUT2D eigenvalue weighted by Crippen LogP contribution is 2.31. The van der Waals surface area contributed by atoms with Crippen molar-refractivity contribution in [3.63, 3.8) is 0 Å². The average molecular weight is 619 g/mol. The van der Waals surface area contributed by atoms with E-state index in [1.807, 2.05) is 24.3 Å². The first-order valence-corrected chi connectivity index (χ1v) is 16.2. The quantitative estimate of drug-likeness (QED) is 0.123. The van der Waals surface area contributed by atoms with E-state index in [1.165, 1.54) is 18.7 Å². The Hall–Kier alpha value is -4.72. The first-order chi connectivity index (χ1) is 22.1. The second-order valence-corrected chi connectivity index (χ2v) is 13.2. The normalized spacial score (nSPS) is 13.1. The van der Waals surface area contributed by atoms with Crippen molar-refractivity contribution in [3.05, 3.63) is 95.2 Å². The first-order valence-electron chi connectivity index (χ1n) is 16.2. The lowest BCUT2D eigenvalue weighted by atomic mass is 9.98. The summed E-state index contributed by atoms with van der Waals surface area (Å²) in [5, 5.41) is 0. The van der Waals surface area contributed by atoms with Crippen molar-refractivity contribution in [1.29, 1.82) is 0 Å². The third kappa shape index (κ3) is 6.48. The van der Waals surface area contributed by atoms with E-state index in [0.29, 0.717) is 12.1 Å². The molecule has 5 aromatic rings. The van der Waals surface area contributed by atoms with E-state index in [9.17, 15) is 9.59 Å². The fourth-order valence-electron chi connectivity index (χ4n) is 6.05. The molecule has 0 amide bonds. The molecule has 3 aromatic carbocycles. The Bertz CT molecular complexity index is 1870. The number of ether oxygens (including phenoxy) is 2. The molecule has 0 bridgehead atoms. The smallest absolute Gasteiger partial charge is 0.341 e. The van der Waals surface area contributed by atoms with Gasteiger partial charge in [-0.05, 0) is 87.4 Å². The summed E-state index contributed by atoms with van der Waals surface area (Å²) in [5.74, 6) is 1.29. The topological polar surface area (TPSA) is 88.2 Å². The Kier molecular flexibility index (Phi) is 8.80. The predicted molar refractivity (Wildman–Crippen MR) is 179 cm³/mol. The number of hydrogen-bond acceptors (Lipinski definition) is 6. The minimum atomic E-state index is -0.674. The number of hydrogen-bond donors (Lipinski definition) is 0. The van der Waals surface area contributed by atoms with Crippen LogP contribution in [0.1, 0.15) is 80.1 Å². The van der Waals surface area contributed by atoms with Crippen molar-refractivity contribution in [2.75, 3.05) is 6.79 Å². The number of aryl methyl sites for hydroxylation is 4. The highest BCUT2D eigenvalue weighted by molar-refractivity contribution is 5.97. The van der Waals surface area contributed by atoms with Crippen LogP contribution in [-0.4, -0.2) is 37.8 Å². The van der Waals surface area contributed by atoms with E-state index >= 15 is 0 Å². The van der Waals surface area contributed by atoms with Crippen molar-refractivity contribution in [1.82, 2.24) is 19.1 Å². The molecule has 238 valence electrons. The van der Waals surface area contributed by atoms with Crippen LogP contribution in [0, 0.1) is 12.3 Å². The van der Waals surface area contributed by atoms with Gasteiger partial charge in [-0.25, -0.2) is 14.8 Å². The number of carbonyl (C=O) groups is 2. The molecule has 3 heterocycles. The van der Waals surface area contributed by atoms with Crippen molar-refractivity contribution < 1.29 is 19.1 Å².